The first-order valence-electron chi connectivity index (χ1n) is 12.4. The molecule has 2 atom stereocenters. The minimum Gasteiger partial charge on any atom is -0.369 e. The van der Waals surface area contributed by atoms with Gasteiger partial charge in [-0.2, -0.15) is 0 Å². The van der Waals surface area contributed by atoms with Crippen LogP contribution >= 0.6 is 0 Å². The lowest BCUT2D eigenvalue weighted by atomic mass is 9.76. The average Bonchev–Trinajstić information content (AvgIpc) is 2.79. The van der Waals surface area contributed by atoms with Gasteiger partial charge in [-0.05, 0) is 25.7 Å². The minimum atomic E-state index is -0.954. The molecule has 2 saturated carbocycles. The van der Waals surface area contributed by atoms with Crippen molar-refractivity contribution in [3.8, 4) is 0 Å². The Morgan fingerprint density at radius 1 is 0.706 bits per heavy atom. The van der Waals surface area contributed by atoms with Crippen LogP contribution in [0.5, 0.6) is 0 Å². The molecule has 34 heavy (non-hydrogen) atoms. The van der Waals surface area contributed by atoms with Crippen LogP contribution in [0.2, 0.25) is 0 Å². The second kappa shape index (κ2) is 12.4. The number of hydrogen-bond donors (Lipinski definition) is 5. The third kappa shape index (κ3) is 7.87. The molecule has 0 aromatic rings. The van der Waals surface area contributed by atoms with Crippen LogP contribution in [0, 0.1) is 11.8 Å². The Morgan fingerprint density at radius 3 is 1.53 bits per heavy atom. The number of Topliss-reactive ketones (excluding diaryl/α,β-unsaturated/α-hetero) is 2. The highest BCUT2D eigenvalue weighted by atomic mass is 16.2. The van der Waals surface area contributed by atoms with Gasteiger partial charge in [-0.25, -0.2) is 0 Å². The Kier molecular flexibility index (Phi) is 10.2. The SMILES string of the molecule is CC(=O)NCC(CC(=O)C1(N)CCCCC1)C(=O)NCC(CC(=O)C1(N)CCCCC1)C(N)=O. The van der Waals surface area contributed by atoms with Crippen LogP contribution in [0.1, 0.15) is 84.0 Å². The molecule has 10 heteroatoms. The largest absolute Gasteiger partial charge is 0.369 e. The van der Waals surface area contributed by atoms with E-state index in [0.29, 0.717) is 25.7 Å². The van der Waals surface area contributed by atoms with E-state index in [9.17, 15) is 24.0 Å². The average molecular weight is 480 g/mol. The van der Waals surface area contributed by atoms with Gasteiger partial charge >= 0.3 is 0 Å². The maximum atomic E-state index is 12.9. The molecule has 0 spiro atoms. The van der Waals surface area contributed by atoms with Crippen LogP contribution < -0.4 is 27.8 Å². The summed E-state index contributed by atoms with van der Waals surface area (Å²) in [7, 11) is 0. The first-order chi connectivity index (χ1) is 16.0. The maximum Gasteiger partial charge on any atom is 0.225 e. The van der Waals surface area contributed by atoms with E-state index in [-0.39, 0.29) is 43.4 Å². The fraction of sp³-hybridized carbons (Fsp3) is 0.792. The molecule has 10 nitrogen and oxygen atoms in total. The van der Waals surface area contributed by atoms with Gasteiger partial charge in [0.25, 0.3) is 0 Å². The lowest BCUT2D eigenvalue weighted by molar-refractivity contribution is -0.134. The summed E-state index contributed by atoms with van der Waals surface area (Å²) in [6.45, 7) is 1.15. The van der Waals surface area contributed by atoms with Crippen molar-refractivity contribution in [1.29, 1.82) is 0 Å². The third-order valence-electron chi connectivity index (χ3n) is 7.36. The van der Waals surface area contributed by atoms with Crippen LogP contribution in [0.4, 0.5) is 0 Å². The molecular weight excluding hydrogens is 438 g/mol. The van der Waals surface area contributed by atoms with E-state index in [2.05, 4.69) is 10.6 Å². The summed E-state index contributed by atoms with van der Waals surface area (Å²) in [5.41, 5.74) is 16.2. The van der Waals surface area contributed by atoms with Crippen molar-refractivity contribution in [3.05, 3.63) is 0 Å². The smallest absolute Gasteiger partial charge is 0.225 e. The van der Waals surface area contributed by atoms with Crippen molar-refractivity contribution in [1.82, 2.24) is 10.6 Å². The van der Waals surface area contributed by atoms with Crippen LogP contribution in [0.25, 0.3) is 0 Å². The van der Waals surface area contributed by atoms with Gasteiger partial charge < -0.3 is 27.8 Å². The van der Waals surface area contributed by atoms with E-state index >= 15 is 0 Å². The molecule has 2 rings (SSSR count). The van der Waals surface area contributed by atoms with Gasteiger partial charge in [0.15, 0.2) is 11.6 Å². The number of rotatable bonds is 12. The highest BCUT2D eigenvalue weighted by Gasteiger charge is 2.39. The second-order valence-electron chi connectivity index (χ2n) is 10.2. The molecule has 0 heterocycles. The predicted octanol–water partition coefficient (Wildman–Crippen LogP) is 0.198. The van der Waals surface area contributed by atoms with E-state index in [1.807, 2.05) is 0 Å². The number of carbonyl (C=O) groups is 5. The van der Waals surface area contributed by atoms with E-state index in [1.165, 1.54) is 6.92 Å². The Balaban J connectivity index is 2.00. The number of primary amides is 1. The third-order valence-corrected chi connectivity index (χ3v) is 7.36. The molecule has 192 valence electrons. The maximum absolute atomic E-state index is 12.9. The predicted molar refractivity (Wildman–Crippen MR) is 127 cm³/mol. The van der Waals surface area contributed by atoms with Gasteiger partial charge in [0.05, 0.1) is 22.9 Å². The first-order valence-corrected chi connectivity index (χ1v) is 12.4. The van der Waals surface area contributed by atoms with Gasteiger partial charge in [-0.1, -0.05) is 38.5 Å². The molecule has 2 aliphatic carbocycles. The van der Waals surface area contributed by atoms with Crippen LogP contribution in [-0.4, -0.2) is 53.5 Å². The van der Waals surface area contributed by atoms with E-state index in [1.54, 1.807) is 0 Å². The number of hydrogen-bond acceptors (Lipinski definition) is 7. The summed E-state index contributed by atoms with van der Waals surface area (Å²) in [5, 5.41) is 5.24. The normalized spacial score (nSPS) is 21.0. The Labute approximate surface area is 201 Å². The van der Waals surface area contributed by atoms with Crippen molar-refractivity contribution < 1.29 is 24.0 Å². The Bertz CT molecular complexity index is 772. The van der Waals surface area contributed by atoms with Gasteiger partial charge in [-0.3, -0.25) is 24.0 Å². The molecule has 2 aliphatic rings. The molecule has 8 N–H and O–H groups in total. The lowest BCUT2D eigenvalue weighted by Gasteiger charge is -2.33. The van der Waals surface area contributed by atoms with E-state index in [0.717, 1.165) is 38.5 Å². The highest BCUT2D eigenvalue weighted by Crippen LogP contribution is 2.30. The van der Waals surface area contributed by atoms with Gasteiger partial charge in [-0.15, -0.1) is 0 Å². The van der Waals surface area contributed by atoms with Gasteiger partial charge in [0, 0.05) is 32.9 Å². The first kappa shape index (κ1) is 27.9. The Hall–Kier alpha value is -2.33. The summed E-state index contributed by atoms with van der Waals surface area (Å²) in [6.07, 6.45) is 7.55. The minimum absolute atomic E-state index is 0.0327. The molecule has 0 bridgehead atoms. The molecule has 3 amide bonds. The molecular formula is C24H41N5O5. The summed E-state index contributed by atoms with van der Waals surface area (Å²) < 4.78 is 0. The molecule has 0 radical (unpaired) electrons. The van der Waals surface area contributed by atoms with E-state index < -0.39 is 34.7 Å². The fourth-order valence-electron chi connectivity index (χ4n) is 4.94. The van der Waals surface area contributed by atoms with Crippen molar-refractivity contribution in [2.75, 3.05) is 13.1 Å². The van der Waals surface area contributed by atoms with E-state index in [4.69, 9.17) is 17.2 Å². The van der Waals surface area contributed by atoms with Crippen LogP contribution in [0.3, 0.4) is 0 Å². The highest BCUT2D eigenvalue weighted by molar-refractivity contribution is 5.94. The second-order valence-corrected chi connectivity index (χ2v) is 10.2. The number of carbonyl (C=O) groups excluding carboxylic acids is 5. The quantitative estimate of drug-likeness (QED) is 0.264. The zero-order chi connectivity index (χ0) is 25.4. The lowest BCUT2D eigenvalue weighted by Crippen LogP contribution is -2.52. The molecule has 0 aliphatic heterocycles. The van der Waals surface area contributed by atoms with Gasteiger partial charge in [0.1, 0.15) is 0 Å². The number of nitrogens with two attached hydrogens (primary N) is 3. The van der Waals surface area contributed by atoms with Crippen molar-refractivity contribution in [3.63, 3.8) is 0 Å². The monoisotopic (exact) mass is 479 g/mol. The number of amides is 3. The van der Waals surface area contributed by atoms with Crippen molar-refractivity contribution >= 4 is 29.3 Å². The molecule has 0 aromatic heterocycles. The summed E-state index contributed by atoms with van der Waals surface area (Å²) in [5.74, 6) is -3.71. The van der Waals surface area contributed by atoms with Gasteiger partial charge in [0.2, 0.25) is 17.7 Å². The zero-order valence-electron chi connectivity index (χ0n) is 20.3. The number of nitrogens with one attached hydrogen (secondary N) is 2. The summed E-state index contributed by atoms with van der Waals surface area (Å²) in [4.78, 5) is 62.1. The molecule has 0 aromatic carbocycles. The summed E-state index contributed by atoms with van der Waals surface area (Å²) in [6, 6.07) is 0. The molecule has 0 saturated heterocycles. The van der Waals surface area contributed by atoms with Crippen LogP contribution in [0.15, 0.2) is 0 Å². The van der Waals surface area contributed by atoms with Crippen molar-refractivity contribution in [2.24, 2.45) is 29.0 Å². The summed E-state index contributed by atoms with van der Waals surface area (Å²) >= 11 is 0. The topological polar surface area (TPSA) is 187 Å². The standard InChI is InChI=1S/C24H41N5O5/c1-16(30)28-15-18(13-20(32)24(27)10-6-3-7-11-24)22(34)29-14-17(21(25)33)12-19(31)23(26)8-4-2-5-9-23/h17-18H,2-15,26-27H2,1H3,(H2,25,33)(H,28,30)(H,29,34). The van der Waals surface area contributed by atoms with Crippen molar-refractivity contribution in [2.45, 2.75) is 95.1 Å². The van der Waals surface area contributed by atoms with Crippen LogP contribution in [-0.2, 0) is 24.0 Å². The zero-order valence-corrected chi connectivity index (χ0v) is 20.3. The molecule has 2 fully saturated rings. The molecule has 2 unspecified atom stereocenters. The number of ketones is 2. The fourth-order valence-corrected chi connectivity index (χ4v) is 4.94. The Morgan fingerprint density at radius 2 is 1.12 bits per heavy atom.